The highest BCUT2D eigenvalue weighted by molar-refractivity contribution is 5.93. The number of hydrogen-bond donors (Lipinski definition) is 3. The molecule has 2 rings (SSSR count). The highest BCUT2D eigenvalue weighted by Gasteiger charge is 2.26. The molecule has 0 bridgehead atoms. The highest BCUT2D eigenvalue weighted by atomic mass is 16.2. The summed E-state index contributed by atoms with van der Waals surface area (Å²) in [6.07, 6.45) is 2.94. The van der Waals surface area contributed by atoms with E-state index in [0.29, 0.717) is 6.54 Å². The van der Waals surface area contributed by atoms with Crippen molar-refractivity contribution in [1.29, 1.82) is 0 Å². The second kappa shape index (κ2) is 5.83. The maximum atomic E-state index is 12.4. The third-order valence-corrected chi connectivity index (χ3v) is 3.40. The van der Waals surface area contributed by atoms with Crippen LogP contribution in [0.5, 0.6) is 0 Å². The standard InChI is InChI=1S/C12H18N4O3/c1-2-16(8-3-5-13-6-4-8)11(18)9-7-14-12(19)15-10(9)17/h7-8,13H,2-6H2,1H3,(H2,14,15,17,19). The molecule has 1 aliphatic heterocycles. The third kappa shape index (κ3) is 2.93. The van der Waals surface area contributed by atoms with Gasteiger partial charge >= 0.3 is 5.69 Å². The Labute approximate surface area is 110 Å². The van der Waals surface area contributed by atoms with Crippen LogP contribution in [-0.4, -0.2) is 46.5 Å². The minimum Gasteiger partial charge on any atom is -0.336 e. The van der Waals surface area contributed by atoms with E-state index in [1.807, 2.05) is 6.92 Å². The number of carbonyl (C=O) groups excluding carboxylic acids is 1. The van der Waals surface area contributed by atoms with E-state index in [1.54, 1.807) is 4.90 Å². The smallest absolute Gasteiger partial charge is 0.325 e. The number of nitrogens with one attached hydrogen (secondary N) is 3. The molecule has 3 N–H and O–H groups in total. The molecule has 1 aliphatic rings. The molecule has 2 heterocycles. The van der Waals surface area contributed by atoms with Crippen LogP contribution in [0.15, 0.2) is 15.8 Å². The van der Waals surface area contributed by atoms with Gasteiger partial charge in [-0.2, -0.15) is 0 Å². The van der Waals surface area contributed by atoms with Crippen molar-refractivity contribution in [3.63, 3.8) is 0 Å². The minimum absolute atomic E-state index is 0.0139. The highest BCUT2D eigenvalue weighted by Crippen LogP contribution is 2.13. The average Bonchev–Trinajstić information content (AvgIpc) is 2.40. The van der Waals surface area contributed by atoms with E-state index in [4.69, 9.17) is 0 Å². The lowest BCUT2D eigenvalue weighted by atomic mass is 10.0. The molecule has 0 aromatic carbocycles. The summed E-state index contributed by atoms with van der Waals surface area (Å²) >= 11 is 0. The van der Waals surface area contributed by atoms with Gasteiger partial charge in [0.15, 0.2) is 0 Å². The molecular formula is C12H18N4O3. The minimum atomic E-state index is -0.638. The van der Waals surface area contributed by atoms with Crippen LogP contribution < -0.4 is 16.6 Å². The van der Waals surface area contributed by atoms with Gasteiger partial charge in [0.25, 0.3) is 11.5 Å². The molecular weight excluding hydrogens is 248 g/mol. The van der Waals surface area contributed by atoms with Gasteiger partial charge < -0.3 is 15.2 Å². The van der Waals surface area contributed by atoms with E-state index >= 15 is 0 Å². The average molecular weight is 266 g/mol. The van der Waals surface area contributed by atoms with Crippen molar-refractivity contribution in [2.45, 2.75) is 25.8 Å². The summed E-state index contributed by atoms with van der Waals surface area (Å²) in [5.74, 6) is -0.327. The van der Waals surface area contributed by atoms with Gasteiger partial charge in [-0.1, -0.05) is 0 Å². The first-order chi connectivity index (χ1) is 9.13. The Morgan fingerprint density at radius 1 is 1.37 bits per heavy atom. The number of nitrogens with zero attached hydrogens (tertiary/aromatic N) is 1. The number of carbonyl (C=O) groups is 1. The summed E-state index contributed by atoms with van der Waals surface area (Å²) in [5, 5.41) is 3.24. The number of H-pyrrole nitrogens is 2. The summed E-state index contributed by atoms with van der Waals surface area (Å²) in [6.45, 7) is 4.18. The number of hydrogen-bond acceptors (Lipinski definition) is 4. The SMILES string of the molecule is CCN(C(=O)c1c[nH]c(=O)[nH]c1=O)C1CCNCC1. The number of aromatic amines is 2. The van der Waals surface area contributed by atoms with Crippen LogP contribution in [-0.2, 0) is 0 Å². The van der Waals surface area contributed by atoms with Crippen LogP contribution >= 0.6 is 0 Å². The lowest BCUT2D eigenvalue weighted by Gasteiger charge is -2.33. The molecule has 1 saturated heterocycles. The van der Waals surface area contributed by atoms with E-state index in [1.165, 1.54) is 6.20 Å². The van der Waals surface area contributed by atoms with Crippen LogP contribution in [0.2, 0.25) is 0 Å². The van der Waals surface area contributed by atoms with Crippen LogP contribution in [0, 0.1) is 0 Å². The van der Waals surface area contributed by atoms with Crippen LogP contribution in [0.4, 0.5) is 0 Å². The van der Waals surface area contributed by atoms with E-state index in [-0.39, 0.29) is 17.5 Å². The van der Waals surface area contributed by atoms with Crippen molar-refractivity contribution in [2.75, 3.05) is 19.6 Å². The Morgan fingerprint density at radius 3 is 2.63 bits per heavy atom. The zero-order chi connectivity index (χ0) is 13.8. The van der Waals surface area contributed by atoms with Crippen molar-refractivity contribution >= 4 is 5.91 Å². The van der Waals surface area contributed by atoms with Gasteiger partial charge in [0.05, 0.1) is 0 Å². The molecule has 0 atom stereocenters. The molecule has 7 nitrogen and oxygen atoms in total. The predicted octanol–water partition coefficient (Wildman–Crippen LogP) is -0.723. The summed E-state index contributed by atoms with van der Waals surface area (Å²) in [6, 6.07) is 0.144. The van der Waals surface area contributed by atoms with E-state index < -0.39 is 11.2 Å². The Balaban J connectivity index is 2.24. The quantitative estimate of drug-likeness (QED) is 0.672. The number of aromatic nitrogens is 2. The second-order valence-electron chi connectivity index (χ2n) is 4.56. The van der Waals surface area contributed by atoms with E-state index in [0.717, 1.165) is 25.9 Å². The molecule has 1 fully saturated rings. The zero-order valence-corrected chi connectivity index (χ0v) is 10.9. The van der Waals surface area contributed by atoms with Gasteiger partial charge in [-0.15, -0.1) is 0 Å². The molecule has 0 spiro atoms. The summed E-state index contributed by atoms with van der Waals surface area (Å²) in [7, 11) is 0. The zero-order valence-electron chi connectivity index (χ0n) is 10.9. The van der Waals surface area contributed by atoms with Gasteiger partial charge in [-0.25, -0.2) is 4.79 Å². The second-order valence-corrected chi connectivity index (χ2v) is 4.56. The number of piperidine rings is 1. The van der Waals surface area contributed by atoms with Crippen LogP contribution in [0.1, 0.15) is 30.1 Å². The van der Waals surface area contributed by atoms with Gasteiger partial charge in [0.1, 0.15) is 5.56 Å². The fourth-order valence-corrected chi connectivity index (χ4v) is 2.41. The van der Waals surface area contributed by atoms with Crippen molar-refractivity contribution in [3.05, 3.63) is 32.6 Å². The first kappa shape index (κ1) is 13.5. The fourth-order valence-electron chi connectivity index (χ4n) is 2.41. The Bertz CT molecular complexity index is 557. The fraction of sp³-hybridized carbons (Fsp3) is 0.583. The molecule has 0 unspecified atom stereocenters. The van der Waals surface area contributed by atoms with Gasteiger partial charge in [-0.05, 0) is 32.9 Å². The summed E-state index contributed by atoms with van der Waals surface area (Å²) in [4.78, 5) is 41.1. The lowest BCUT2D eigenvalue weighted by molar-refractivity contribution is 0.0653. The lowest BCUT2D eigenvalue weighted by Crippen LogP contribution is -2.47. The Hall–Kier alpha value is -1.89. The van der Waals surface area contributed by atoms with Crippen molar-refractivity contribution in [3.8, 4) is 0 Å². The normalized spacial score (nSPS) is 16.3. The molecule has 104 valence electrons. The topological polar surface area (TPSA) is 98.1 Å². The maximum Gasteiger partial charge on any atom is 0.325 e. The molecule has 0 saturated carbocycles. The van der Waals surface area contributed by atoms with Crippen molar-refractivity contribution in [1.82, 2.24) is 20.2 Å². The molecule has 7 heteroatoms. The van der Waals surface area contributed by atoms with Gasteiger partial charge in [0.2, 0.25) is 0 Å². The molecule has 1 aromatic rings. The first-order valence-electron chi connectivity index (χ1n) is 6.47. The number of rotatable bonds is 3. The van der Waals surface area contributed by atoms with E-state index in [9.17, 15) is 14.4 Å². The van der Waals surface area contributed by atoms with Crippen LogP contribution in [0.25, 0.3) is 0 Å². The molecule has 0 radical (unpaired) electrons. The number of amides is 1. The third-order valence-electron chi connectivity index (χ3n) is 3.40. The van der Waals surface area contributed by atoms with Gasteiger partial charge in [0, 0.05) is 18.8 Å². The predicted molar refractivity (Wildman–Crippen MR) is 70.3 cm³/mol. The van der Waals surface area contributed by atoms with Gasteiger partial charge in [-0.3, -0.25) is 14.6 Å². The molecule has 1 amide bonds. The van der Waals surface area contributed by atoms with Crippen molar-refractivity contribution in [2.24, 2.45) is 0 Å². The van der Waals surface area contributed by atoms with E-state index in [2.05, 4.69) is 15.3 Å². The molecule has 1 aromatic heterocycles. The maximum absolute atomic E-state index is 12.4. The summed E-state index contributed by atoms with van der Waals surface area (Å²) < 4.78 is 0. The summed E-state index contributed by atoms with van der Waals surface area (Å²) in [5.41, 5.74) is -1.26. The molecule has 19 heavy (non-hydrogen) atoms. The Morgan fingerprint density at radius 2 is 2.05 bits per heavy atom. The monoisotopic (exact) mass is 266 g/mol. The molecule has 0 aliphatic carbocycles. The first-order valence-corrected chi connectivity index (χ1v) is 6.47. The Kier molecular flexibility index (Phi) is 4.16. The van der Waals surface area contributed by atoms with Crippen LogP contribution in [0.3, 0.4) is 0 Å². The van der Waals surface area contributed by atoms with Crippen molar-refractivity contribution < 1.29 is 4.79 Å². The largest absolute Gasteiger partial charge is 0.336 e.